The van der Waals surface area contributed by atoms with Gasteiger partial charge < -0.3 is 10.2 Å². The molecule has 130 valence electrons. The van der Waals surface area contributed by atoms with Gasteiger partial charge in [-0.2, -0.15) is 4.31 Å². The molecule has 2 N–H and O–H groups in total. The molecule has 1 saturated heterocycles. The van der Waals surface area contributed by atoms with Crippen molar-refractivity contribution in [1.82, 2.24) is 4.31 Å². The first kappa shape index (κ1) is 19.3. The quantitative estimate of drug-likeness (QED) is 0.613. The average Bonchev–Trinajstić information content (AvgIpc) is 2.71. The van der Waals surface area contributed by atoms with Crippen LogP contribution in [-0.2, 0) is 19.9 Å². The first-order chi connectivity index (χ1) is 10.6. The standard InChI is InChI=1S/C12H15Br2NO6S2/c13-8-1-2-9(14)12(5-8)23(20,21)15(3-4-16)10-6-22(18,19)7-11(10)17/h1-2,5,10-11,16-17H,3-4,6-7H2/t10-,11+/m0/s1. The Kier molecular flexibility index (Phi) is 5.92. The number of nitrogens with zero attached hydrogens (tertiary/aromatic N) is 1. The number of aliphatic hydroxyl groups is 2. The van der Waals surface area contributed by atoms with Crippen LogP contribution in [0.3, 0.4) is 0 Å². The summed E-state index contributed by atoms with van der Waals surface area (Å²) in [4.78, 5) is -0.0724. The summed E-state index contributed by atoms with van der Waals surface area (Å²) in [6.45, 7) is -0.799. The van der Waals surface area contributed by atoms with Crippen molar-refractivity contribution in [1.29, 1.82) is 0 Å². The van der Waals surface area contributed by atoms with Gasteiger partial charge in [0.15, 0.2) is 9.84 Å². The molecule has 1 fully saturated rings. The molecule has 0 saturated carbocycles. The zero-order chi connectivity index (χ0) is 17.4. The summed E-state index contributed by atoms with van der Waals surface area (Å²) in [5, 5.41) is 19.2. The van der Waals surface area contributed by atoms with E-state index in [1.165, 1.54) is 12.1 Å². The van der Waals surface area contributed by atoms with Gasteiger partial charge in [-0.1, -0.05) is 15.9 Å². The van der Waals surface area contributed by atoms with Crippen LogP contribution in [0, 0.1) is 0 Å². The molecular formula is C12H15Br2NO6S2. The van der Waals surface area contributed by atoms with Gasteiger partial charge in [0, 0.05) is 15.5 Å². The Morgan fingerprint density at radius 1 is 1.26 bits per heavy atom. The van der Waals surface area contributed by atoms with E-state index in [-0.39, 0.29) is 11.4 Å². The van der Waals surface area contributed by atoms with Crippen LogP contribution in [0.2, 0.25) is 0 Å². The monoisotopic (exact) mass is 491 g/mol. The number of benzene rings is 1. The molecule has 1 aromatic rings. The Morgan fingerprint density at radius 2 is 1.91 bits per heavy atom. The lowest BCUT2D eigenvalue weighted by molar-refractivity contribution is 0.117. The fourth-order valence-electron chi connectivity index (χ4n) is 2.45. The molecule has 0 aliphatic carbocycles. The molecule has 1 aliphatic rings. The van der Waals surface area contributed by atoms with Crippen LogP contribution in [-0.4, -0.2) is 68.2 Å². The predicted molar refractivity (Wildman–Crippen MR) is 91.3 cm³/mol. The number of rotatable bonds is 5. The molecule has 11 heteroatoms. The molecule has 1 heterocycles. The first-order valence-electron chi connectivity index (χ1n) is 6.55. The summed E-state index contributed by atoms with van der Waals surface area (Å²) in [6.07, 6.45) is -1.33. The van der Waals surface area contributed by atoms with E-state index in [4.69, 9.17) is 0 Å². The summed E-state index contributed by atoms with van der Waals surface area (Å²) < 4.78 is 50.9. The number of aliphatic hydroxyl groups excluding tert-OH is 2. The van der Waals surface area contributed by atoms with Crippen molar-refractivity contribution in [3.05, 3.63) is 27.1 Å². The summed E-state index contributed by atoms with van der Waals surface area (Å²) in [5.41, 5.74) is 0. The number of hydrogen-bond acceptors (Lipinski definition) is 6. The van der Waals surface area contributed by atoms with Crippen LogP contribution in [0.15, 0.2) is 32.0 Å². The van der Waals surface area contributed by atoms with E-state index in [9.17, 15) is 27.0 Å². The Labute approximate surface area is 151 Å². The molecule has 0 unspecified atom stereocenters. The summed E-state index contributed by atoms with van der Waals surface area (Å²) in [6, 6.07) is 3.44. The minimum Gasteiger partial charge on any atom is -0.395 e. The van der Waals surface area contributed by atoms with Gasteiger partial charge in [-0.15, -0.1) is 0 Å². The molecule has 23 heavy (non-hydrogen) atoms. The smallest absolute Gasteiger partial charge is 0.244 e. The normalized spacial score (nSPS) is 24.2. The SMILES string of the molecule is O=S1(=O)C[C@@H](O)[C@@H](N(CCO)S(=O)(=O)c2cc(Br)ccc2Br)C1. The molecule has 1 aromatic carbocycles. The van der Waals surface area contributed by atoms with Crippen molar-refractivity contribution in [2.75, 3.05) is 24.7 Å². The summed E-state index contributed by atoms with van der Waals surface area (Å²) >= 11 is 6.35. The zero-order valence-corrected chi connectivity index (χ0v) is 16.6. The zero-order valence-electron chi connectivity index (χ0n) is 11.8. The molecule has 2 atom stereocenters. The minimum absolute atomic E-state index is 0.0724. The van der Waals surface area contributed by atoms with Crippen LogP contribution < -0.4 is 0 Å². The first-order valence-corrected chi connectivity index (χ1v) is 11.4. The van der Waals surface area contributed by atoms with Crippen molar-refractivity contribution < 1.29 is 27.0 Å². The van der Waals surface area contributed by atoms with Gasteiger partial charge in [0.2, 0.25) is 10.0 Å². The van der Waals surface area contributed by atoms with E-state index in [0.29, 0.717) is 8.95 Å². The van der Waals surface area contributed by atoms with Crippen molar-refractivity contribution in [2.45, 2.75) is 17.0 Å². The maximum absolute atomic E-state index is 12.9. The van der Waals surface area contributed by atoms with Crippen LogP contribution in [0.5, 0.6) is 0 Å². The van der Waals surface area contributed by atoms with Crippen molar-refractivity contribution in [3.63, 3.8) is 0 Å². The maximum Gasteiger partial charge on any atom is 0.244 e. The second kappa shape index (κ2) is 7.06. The molecule has 1 aliphatic heterocycles. The third-order valence-electron chi connectivity index (χ3n) is 3.46. The van der Waals surface area contributed by atoms with Crippen LogP contribution >= 0.6 is 31.9 Å². The second-order valence-corrected chi connectivity index (χ2v) is 10.9. The Morgan fingerprint density at radius 3 is 2.43 bits per heavy atom. The van der Waals surface area contributed by atoms with E-state index in [0.717, 1.165) is 4.31 Å². The van der Waals surface area contributed by atoms with Gasteiger partial charge in [-0.25, -0.2) is 16.8 Å². The predicted octanol–water partition coefficient (Wildman–Crippen LogP) is 0.352. The second-order valence-electron chi connectivity index (χ2n) is 5.13. The van der Waals surface area contributed by atoms with Crippen molar-refractivity contribution >= 4 is 51.7 Å². The number of sulfone groups is 1. The molecule has 0 amide bonds. The maximum atomic E-state index is 12.9. The highest BCUT2D eigenvalue weighted by Crippen LogP contribution is 2.31. The van der Waals surface area contributed by atoms with Crippen LogP contribution in [0.4, 0.5) is 0 Å². The highest BCUT2D eigenvalue weighted by atomic mass is 79.9. The molecule has 0 spiro atoms. The highest BCUT2D eigenvalue weighted by Gasteiger charge is 2.44. The number of halogens is 2. The molecule has 7 nitrogen and oxygen atoms in total. The van der Waals surface area contributed by atoms with Gasteiger partial charge >= 0.3 is 0 Å². The Balaban J connectivity index is 2.50. The van der Waals surface area contributed by atoms with E-state index in [1.807, 2.05) is 0 Å². The fourth-order valence-corrected chi connectivity index (χ4v) is 7.45. The van der Waals surface area contributed by atoms with E-state index in [2.05, 4.69) is 31.9 Å². The van der Waals surface area contributed by atoms with Crippen LogP contribution in [0.1, 0.15) is 0 Å². The van der Waals surface area contributed by atoms with E-state index in [1.54, 1.807) is 6.07 Å². The molecule has 0 bridgehead atoms. The van der Waals surface area contributed by atoms with Gasteiger partial charge in [-0.3, -0.25) is 0 Å². The largest absolute Gasteiger partial charge is 0.395 e. The average molecular weight is 493 g/mol. The topological polar surface area (TPSA) is 112 Å². The lowest BCUT2D eigenvalue weighted by Crippen LogP contribution is -2.47. The molecule has 0 aromatic heterocycles. The molecule has 0 radical (unpaired) electrons. The third kappa shape index (κ3) is 4.14. The Hall–Kier alpha value is -0.0400. The van der Waals surface area contributed by atoms with Gasteiger partial charge in [-0.05, 0) is 34.1 Å². The highest BCUT2D eigenvalue weighted by molar-refractivity contribution is 9.11. The number of sulfonamides is 1. The van der Waals surface area contributed by atoms with Crippen molar-refractivity contribution in [2.24, 2.45) is 0 Å². The van der Waals surface area contributed by atoms with Gasteiger partial charge in [0.25, 0.3) is 0 Å². The lowest BCUT2D eigenvalue weighted by Gasteiger charge is -2.29. The van der Waals surface area contributed by atoms with Gasteiger partial charge in [0.1, 0.15) is 0 Å². The summed E-state index contributed by atoms with van der Waals surface area (Å²) in [5.74, 6) is -0.964. The van der Waals surface area contributed by atoms with Crippen LogP contribution in [0.25, 0.3) is 0 Å². The van der Waals surface area contributed by atoms with Crippen molar-refractivity contribution in [3.8, 4) is 0 Å². The molecular weight excluding hydrogens is 478 g/mol. The summed E-state index contributed by atoms with van der Waals surface area (Å²) in [7, 11) is -7.64. The van der Waals surface area contributed by atoms with Gasteiger partial charge in [0.05, 0.1) is 35.2 Å². The fraction of sp³-hybridized carbons (Fsp3) is 0.500. The minimum atomic E-state index is -4.11. The Bertz CT molecular complexity index is 796. The number of hydrogen-bond donors (Lipinski definition) is 2. The van der Waals surface area contributed by atoms with E-state index >= 15 is 0 Å². The third-order valence-corrected chi connectivity index (χ3v) is 8.57. The lowest BCUT2D eigenvalue weighted by atomic mass is 10.2. The van der Waals surface area contributed by atoms with E-state index < -0.39 is 50.1 Å². The molecule has 2 rings (SSSR count).